The molecule has 0 radical (unpaired) electrons. The minimum absolute atomic E-state index is 0.519. The molecule has 1 saturated heterocycles. The van der Waals surface area contributed by atoms with Crippen LogP contribution in [0.5, 0.6) is 0 Å². The van der Waals surface area contributed by atoms with E-state index in [1.54, 1.807) is 0 Å². The number of imidazole rings is 1. The summed E-state index contributed by atoms with van der Waals surface area (Å²) in [6, 6.07) is 14.9. The molecule has 2 aliphatic rings. The van der Waals surface area contributed by atoms with Crippen LogP contribution in [0, 0.1) is 0 Å². The fourth-order valence-electron chi connectivity index (χ4n) is 4.96. The molecule has 8 nitrogen and oxygen atoms in total. The van der Waals surface area contributed by atoms with Gasteiger partial charge in [0.25, 0.3) is 0 Å². The number of fused-ring (bicyclic) bond motifs is 1. The average molecular weight is 483 g/mol. The zero-order valence-electron chi connectivity index (χ0n) is 21.4. The maximum Gasteiger partial charge on any atom is 0.227 e. The molecule has 8 heteroatoms. The van der Waals surface area contributed by atoms with Gasteiger partial charge < -0.3 is 20.0 Å². The zero-order chi connectivity index (χ0) is 24.6. The highest BCUT2D eigenvalue weighted by Gasteiger charge is 2.31. The molecule has 3 aromatic heterocycles. The Kier molecular flexibility index (Phi) is 6.07. The Morgan fingerprint density at radius 1 is 0.972 bits per heavy atom. The molecule has 36 heavy (non-hydrogen) atoms. The lowest BCUT2D eigenvalue weighted by Gasteiger charge is -2.34. The molecule has 0 bridgehead atoms. The van der Waals surface area contributed by atoms with Crippen LogP contribution >= 0.6 is 0 Å². The first-order chi connectivity index (χ1) is 17.5. The third-order valence-corrected chi connectivity index (χ3v) is 7.07. The van der Waals surface area contributed by atoms with Crippen molar-refractivity contribution in [2.75, 3.05) is 57.5 Å². The Bertz CT molecular complexity index is 1350. The fourth-order valence-corrected chi connectivity index (χ4v) is 4.96. The lowest BCUT2D eigenvalue weighted by molar-refractivity contribution is 0.313. The summed E-state index contributed by atoms with van der Waals surface area (Å²) in [4.78, 5) is 21.5. The van der Waals surface area contributed by atoms with Gasteiger partial charge in [-0.3, -0.25) is 4.40 Å². The Morgan fingerprint density at radius 3 is 2.47 bits per heavy atom. The normalized spacial score (nSPS) is 16.7. The number of hydrogen-bond donors (Lipinski definition) is 1. The molecule has 6 rings (SSSR count). The van der Waals surface area contributed by atoms with Gasteiger partial charge in [0.1, 0.15) is 5.65 Å². The topological polar surface area (TPSA) is 64.8 Å². The molecule has 1 aliphatic carbocycles. The number of nitrogens with zero attached hydrogens (tertiary/aromatic N) is 7. The molecule has 186 valence electrons. The average Bonchev–Trinajstić information content (AvgIpc) is 3.65. The van der Waals surface area contributed by atoms with Crippen LogP contribution in [0.3, 0.4) is 0 Å². The minimum atomic E-state index is 0.519. The van der Waals surface area contributed by atoms with Gasteiger partial charge in [-0.25, -0.2) is 15.0 Å². The molecule has 0 spiro atoms. The second kappa shape index (κ2) is 9.52. The van der Waals surface area contributed by atoms with E-state index in [4.69, 9.17) is 9.97 Å². The van der Waals surface area contributed by atoms with Crippen molar-refractivity contribution >= 4 is 23.0 Å². The highest BCUT2D eigenvalue weighted by molar-refractivity contribution is 5.68. The second-order valence-electron chi connectivity index (χ2n) is 10.3. The molecule has 0 unspecified atom stereocenters. The molecular formula is C28H34N8. The van der Waals surface area contributed by atoms with Gasteiger partial charge in [0.2, 0.25) is 5.95 Å². The van der Waals surface area contributed by atoms with E-state index >= 15 is 0 Å². The van der Waals surface area contributed by atoms with E-state index in [-0.39, 0.29) is 0 Å². The molecule has 0 atom stereocenters. The lowest BCUT2D eigenvalue weighted by atomic mass is 10.2. The molecule has 4 heterocycles. The number of pyridine rings is 1. The Labute approximate surface area is 212 Å². The van der Waals surface area contributed by atoms with Crippen molar-refractivity contribution in [1.82, 2.24) is 29.2 Å². The molecule has 1 aliphatic heterocycles. The first-order valence-corrected chi connectivity index (χ1v) is 12.8. The van der Waals surface area contributed by atoms with Crippen LogP contribution in [0.2, 0.25) is 0 Å². The van der Waals surface area contributed by atoms with Gasteiger partial charge in [0.05, 0.1) is 17.1 Å². The van der Waals surface area contributed by atoms with Crippen LogP contribution < -0.4 is 10.2 Å². The van der Waals surface area contributed by atoms with Gasteiger partial charge in [-0.05, 0) is 82.0 Å². The maximum atomic E-state index is 5.05. The van der Waals surface area contributed by atoms with E-state index in [9.17, 15) is 0 Å². The van der Waals surface area contributed by atoms with Crippen molar-refractivity contribution in [3.8, 4) is 11.4 Å². The van der Waals surface area contributed by atoms with Gasteiger partial charge >= 0.3 is 0 Å². The third kappa shape index (κ3) is 4.79. The van der Waals surface area contributed by atoms with Crippen molar-refractivity contribution in [3.05, 3.63) is 66.1 Å². The number of aromatic nitrogens is 4. The zero-order valence-corrected chi connectivity index (χ0v) is 21.4. The SMILES string of the molecule is CN(C)Cc1ccn2c(-c3ccnc(Nc4ccc(N5CCN(C)CC5)cc4)n3)c(C3CC3)nc2c1. The standard InChI is InChI=1S/C28H34N8/c1-33(2)19-20-11-13-36-25(18-20)32-26(21-4-5-21)27(36)24-10-12-29-28(31-24)30-22-6-8-23(9-7-22)35-16-14-34(3)15-17-35/h6-13,18,21H,4-5,14-17,19H2,1-3H3,(H,29,30,31). The van der Waals surface area contributed by atoms with Crippen LogP contribution in [-0.4, -0.2) is 76.5 Å². The smallest absolute Gasteiger partial charge is 0.227 e. The van der Waals surface area contributed by atoms with Crippen molar-refractivity contribution in [1.29, 1.82) is 0 Å². The summed E-state index contributed by atoms with van der Waals surface area (Å²) in [6.45, 7) is 5.22. The molecule has 2 fully saturated rings. The summed E-state index contributed by atoms with van der Waals surface area (Å²) >= 11 is 0. The molecule has 0 amide bonds. The molecule has 1 N–H and O–H groups in total. The Hall–Kier alpha value is -3.49. The third-order valence-electron chi connectivity index (χ3n) is 7.07. The quantitative estimate of drug-likeness (QED) is 0.423. The van der Waals surface area contributed by atoms with Crippen molar-refractivity contribution < 1.29 is 0 Å². The largest absolute Gasteiger partial charge is 0.369 e. The first kappa shape index (κ1) is 22.9. The highest BCUT2D eigenvalue weighted by Crippen LogP contribution is 2.44. The van der Waals surface area contributed by atoms with E-state index in [2.05, 4.69) is 93.1 Å². The number of anilines is 3. The summed E-state index contributed by atoms with van der Waals surface area (Å²) < 4.78 is 2.18. The number of nitrogens with one attached hydrogen (secondary N) is 1. The first-order valence-electron chi connectivity index (χ1n) is 12.8. The van der Waals surface area contributed by atoms with Crippen LogP contribution in [0.4, 0.5) is 17.3 Å². The monoisotopic (exact) mass is 482 g/mol. The van der Waals surface area contributed by atoms with Gasteiger partial charge in [0.15, 0.2) is 0 Å². The van der Waals surface area contributed by atoms with Crippen molar-refractivity contribution in [3.63, 3.8) is 0 Å². The molecule has 4 aromatic rings. The van der Waals surface area contributed by atoms with Crippen molar-refractivity contribution in [2.45, 2.75) is 25.3 Å². The molecule has 1 saturated carbocycles. The van der Waals surface area contributed by atoms with Crippen LogP contribution in [0.1, 0.15) is 30.0 Å². The molecular weight excluding hydrogens is 448 g/mol. The number of benzene rings is 1. The summed E-state index contributed by atoms with van der Waals surface area (Å²) in [5.41, 5.74) is 7.63. The van der Waals surface area contributed by atoms with Crippen LogP contribution in [-0.2, 0) is 6.54 Å². The summed E-state index contributed by atoms with van der Waals surface area (Å²) in [6.07, 6.45) is 6.35. The summed E-state index contributed by atoms with van der Waals surface area (Å²) in [7, 11) is 6.36. The number of piperazine rings is 1. The van der Waals surface area contributed by atoms with E-state index in [0.29, 0.717) is 11.9 Å². The number of hydrogen-bond acceptors (Lipinski definition) is 7. The lowest BCUT2D eigenvalue weighted by Crippen LogP contribution is -2.44. The van der Waals surface area contributed by atoms with E-state index in [1.165, 1.54) is 24.1 Å². The van der Waals surface area contributed by atoms with E-state index in [1.807, 2.05) is 12.3 Å². The maximum absolute atomic E-state index is 5.05. The summed E-state index contributed by atoms with van der Waals surface area (Å²) in [5, 5.41) is 3.40. The van der Waals surface area contributed by atoms with Gasteiger partial charge in [-0.15, -0.1) is 0 Å². The Morgan fingerprint density at radius 2 is 1.75 bits per heavy atom. The second-order valence-corrected chi connectivity index (χ2v) is 10.3. The fraction of sp³-hybridized carbons (Fsp3) is 0.393. The Balaban J connectivity index is 1.26. The molecule has 1 aromatic carbocycles. The minimum Gasteiger partial charge on any atom is -0.369 e. The predicted molar refractivity (Wildman–Crippen MR) is 145 cm³/mol. The summed E-state index contributed by atoms with van der Waals surface area (Å²) in [5.74, 6) is 1.12. The van der Waals surface area contributed by atoms with Gasteiger partial charge in [0, 0.05) is 62.4 Å². The number of likely N-dealkylation sites (N-methyl/N-ethyl adjacent to an activating group) is 1. The van der Waals surface area contributed by atoms with E-state index < -0.39 is 0 Å². The van der Waals surface area contributed by atoms with Gasteiger partial charge in [-0.2, -0.15) is 0 Å². The van der Waals surface area contributed by atoms with Crippen molar-refractivity contribution in [2.24, 2.45) is 0 Å². The van der Waals surface area contributed by atoms with Crippen LogP contribution in [0.15, 0.2) is 54.9 Å². The number of rotatable bonds is 7. The van der Waals surface area contributed by atoms with E-state index in [0.717, 1.165) is 61.1 Å². The van der Waals surface area contributed by atoms with Gasteiger partial charge in [-0.1, -0.05) is 0 Å². The van der Waals surface area contributed by atoms with Crippen LogP contribution in [0.25, 0.3) is 17.0 Å². The highest BCUT2D eigenvalue weighted by atomic mass is 15.2. The predicted octanol–water partition coefficient (Wildman–Crippen LogP) is 4.23.